The Balaban J connectivity index is 1.85. The van der Waals surface area contributed by atoms with Crippen molar-refractivity contribution in [2.24, 2.45) is 5.92 Å². The number of halogens is 1. The van der Waals surface area contributed by atoms with E-state index < -0.39 is 0 Å². The van der Waals surface area contributed by atoms with E-state index in [2.05, 4.69) is 19.2 Å². The summed E-state index contributed by atoms with van der Waals surface area (Å²) in [4.78, 5) is 34.3. The summed E-state index contributed by atoms with van der Waals surface area (Å²) in [6.07, 6.45) is 6.17. The molecule has 35 heavy (non-hydrogen) atoms. The predicted molar refractivity (Wildman–Crippen MR) is 142 cm³/mol. The van der Waals surface area contributed by atoms with Gasteiger partial charge in [0.2, 0.25) is 0 Å². The topological polar surface area (TPSA) is 67.2 Å². The van der Waals surface area contributed by atoms with Crippen molar-refractivity contribution in [1.82, 2.24) is 19.8 Å². The Labute approximate surface area is 212 Å². The quantitative estimate of drug-likeness (QED) is 0.408. The van der Waals surface area contributed by atoms with E-state index in [4.69, 9.17) is 16.6 Å². The monoisotopic (exact) mass is 494 g/mol. The second-order valence-electron chi connectivity index (χ2n) is 9.86. The van der Waals surface area contributed by atoms with E-state index in [0.717, 1.165) is 25.7 Å². The Kier molecular flexibility index (Phi) is 8.11. The summed E-state index contributed by atoms with van der Waals surface area (Å²) in [5.41, 5.74) is 1.11. The minimum absolute atomic E-state index is 0.0856. The molecule has 1 N–H and O–H groups in total. The summed E-state index contributed by atoms with van der Waals surface area (Å²) >= 11 is 6.31. The van der Waals surface area contributed by atoms with Crippen molar-refractivity contribution in [3.8, 4) is 5.69 Å². The van der Waals surface area contributed by atoms with Gasteiger partial charge in [-0.2, -0.15) is 0 Å². The molecule has 0 saturated heterocycles. The van der Waals surface area contributed by atoms with Crippen LogP contribution in [0.15, 0.2) is 53.3 Å². The highest BCUT2D eigenvalue weighted by Crippen LogP contribution is 2.28. The Morgan fingerprint density at radius 1 is 1.14 bits per heavy atom. The number of hydrogen-bond donors (Lipinski definition) is 1. The van der Waals surface area contributed by atoms with Gasteiger partial charge < -0.3 is 10.2 Å². The first kappa shape index (κ1) is 25.2. The van der Waals surface area contributed by atoms with Gasteiger partial charge >= 0.3 is 6.03 Å². The number of nitrogens with one attached hydrogen (secondary N) is 1. The fraction of sp³-hybridized carbons (Fsp3) is 0.464. The van der Waals surface area contributed by atoms with Crippen molar-refractivity contribution in [1.29, 1.82) is 0 Å². The summed E-state index contributed by atoms with van der Waals surface area (Å²) in [7, 11) is 0. The normalized spacial score (nSPS) is 15.3. The number of benzene rings is 2. The van der Waals surface area contributed by atoms with E-state index in [9.17, 15) is 9.59 Å². The Morgan fingerprint density at radius 3 is 2.57 bits per heavy atom. The smallest absolute Gasteiger partial charge is 0.318 e. The van der Waals surface area contributed by atoms with E-state index in [1.165, 1.54) is 6.42 Å². The van der Waals surface area contributed by atoms with Crippen molar-refractivity contribution in [2.45, 2.75) is 71.4 Å². The van der Waals surface area contributed by atoms with Crippen LogP contribution in [-0.2, 0) is 0 Å². The fourth-order valence-electron chi connectivity index (χ4n) is 5.03. The molecule has 7 heteroatoms. The molecule has 1 unspecified atom stereocenters. The van der Waals surface area contributed by atoms with Gasteiger partial charge in [-0.25, -0.2) is 9.78 Å². The van der Waals surface area contributed by atoms with Crippen LogP contribution in [-0.4, -0.2) is 33.1 Å². The molecule has 1 heterocycles. The maximum Gasteiger partial charge on any atom is 0.318 e. The van der Waals surface area contributed by atoms with E-state index in [-0.39, 0.29) is 29.6 Å². The number of aromatic nitrogens is 2. The zero-order valence-electron chi connectivity index (χ0n) is 20.8. The molecule has 0 bridgehead atoms. The molecule has 1 aromatic heterocycles. The van der Waals surface area contributed by atoms with Gasteiger partial charge in [-0.05, 0) is 55.5 Å². The molecule has 2 amide bonds. The van der Waals surface area contributed by atoms with Gasteiger partial charge in [-0.15, -0.1) is 0 Å². The van der Waals surface area contributed by atoms with Gasteiger partial charge in [0.15, 0.2) is 0 Å². The third kappa shape index (κ3) is 5.69. The van der Waals surface area contributed by atoms with Crippen LogP contribution in [0, 0.1) is 5.92 Å². The Morgan fingerprint density at radius 2 is 1.89 bits per heavy atom. The number of amides is 2. The lowest BCUT2D eigenvalue weighted by Crippen LogP contribution is -2.49. The van der Waals surface area contributed by atoms with Gasteiger partial charge in [-0.1, -0.05) is 69.8 Å². The highest BCUT2D eigenvalue weighted by atomic mass is 35.5. The number of urea groups is 1. The van der Waals surface area contributed by atoms with Crippen LogP contribution in [0.4, 0.5) is 4.79 Å². The Bertz CT molecular complexity index is 1230. The van der Waals surface area contributed by atoms with Crippen LogP contribution in [0.2, 0.25) is 5.02 Å². The molecule has 1 atom stereocenters. The average Bonchev–Trinajstić information content (AvgIpc) is 2.84. The van der Waals surface area contributed by atoms with Crippen LogP contribution < -0.4 is 10.9 Å². The summed E-state index contributed by atoms with van der Waals surface area (Å²) in [6.45, 7) is 6.81. The summed E-state index contributed by atoms with van der Waals surface area (Å²) < 4.78 is 1.63. The number of para-hydroxylation sites is 1. The first-order valence-corrected chi connectivity index (χ1v) is 13.1. The van der Waals surface area contributed by atoms with Gasteiger partial charge in [0.25, 0.3) is 5.56 Å². The van der Waals surface area contributed by atoms with Crippen LogP contribution in [0.3, 0.4) is 0 Å². The van der Waals surface area contributed by atoms with Crippen molar-refractivity contribution in [2.75, 3.05) is 6.54 Å². The van der Waals surface area contributed by atoms with E-state index in [1.54, 1.807) is 22.8 Å². The molecule has 2 aromatic carbocycles. The number of carbonyl (C=O) groups excluding carboxylic acids is 1. The second kappa shape index (κ2) is 11.3. The number of carbonyl (C=O) groups is 1. The highest BCUT2D eigenvalue weighted by Gasteiger charge is 2.31. The third-order valence-corrected chi connectivity index (χ3v) is 6.92. The maximum atomic E-state index is 13.8. The summed E-state index contributed by atoms with van der Waals surface area (Å²) in [5.74, 6) is 0.811. The molecule has 4 rings (SSSR count). The van der Waals surface area contributed by atoms with Gasteiger partial charge in [0.05, 0.1) is 22.6 Å². The lowest BCUT2D eigenvalue weighted by atomic mass is 9.95. The zero-order chi connectivity index (χ0) is 24.9. The molecule has 0 spiro atoms. The molecular formula is C28H35ClN4O2. The molecule has 6 nitrogen and oxygen atoms in total. The van der Waals surface area contributed by atoms with Crippen LogP contribution in [0.1, 0.15) is 71.2 Å². The maximum absolute atomic E-state index is 13.8. The van der Waals surface area contributed by atoms with Crippen molar-refractivity contribution in [3.63, 3.8) is 0 Å². The molecule has 1 aliphatic rings. The van der Waals surface area contributed by atoms with Gasteiger partial charge in [-0.3, -0.25) is 9.36 Å². The van der Waals surface area contributed by atoms with Gasteiger partial charge in [0, 0.05) is 17.6 Å². The van der Waals surface area contributed by atoms with Crippen LogP contribution in [0.25, 0.3) is 16.6 Å². The first-order chi connectivity index (χ1) is 16.9. The van der Waals surface area contributed by atoms with E-state index in [0.29, 0.717) is 40.4 Å². The largest absolute Gasteiger partial charge is 0.335 e. The second-order valence-corrected chi connectivity index (χ2v) is 10.3. The molecule has 1 saturated carbocycles. The van der Waals surface area contributed by atoms with Crippen molar-refractivity contribution < 1.29 is 4.79 Å². The van der Waals surface area contributed by atoms with E-state index >= 15 is 0 Å². The predicted octanol–water partition coefficient (Wildman–Crippen LogP) is 6.49. The molecule has 1 aliphatic carbocycles. The fourth-order valence-corrected chi connectivity index (χ4v) is 5.21. The molecular weight excluding hydrogens is 460 g/mol. The minimum atomic E-state index is -0.378. The highest BCUT2D eigenvalue weighted by molar-refractivity contribution is 6.30. The lowest BCUT2D eigenvalue weighted by molar-refractivity contribution is 0.152. The molecule has 0 radical (unpaired) electrons. The molecule has 1 fully saturated rings. The summed E-state index contributed by atoms with van der Waals surface area (Å²) in [5, 5.41) is 4.35. The number of rotatable bonds is 7. The van der Waals surface area contributed by atoms with Crippen molar-refractivity contribution >= 4 is 28.5 Å². The SMILES string of the molecule is CCC(c1nc2ccccc2c(=O)n1-c1cccc(Cl)c1)N(CC(C)C)C(=O)NC1CCCCC1. The summed E-state index contributed by atoms with van der Waals surface area (Å²) in [6, 6.07) is 14.3. The number of fused-ring (bicyclic) bond motifs is 1. The Hall–Kier alpha value is -2.86. The minimum Gasteiger partial charge on any atom is -0.335 e. The standard InChI is InChI=1S/C28H35ClN4O2/c1-4-25(32(18-19(2)3)28(35)30-21-12-6-5-7-13-21)26-31-24-16-9-8-15-23(24)27(34)33(26)22-14-10-11-20(29)17-22/h8-11,14-17,19,21,25H,4-7,12-13,18H2,1-3H3,(H,30,35). The third-order valence-electron chi connectivity index (χ3n) is 6.68. The first-order valence-electron chi connectivity index (χ1n) is 12.7. The van der Waals surface area contributed by atoms with E-state index in [1.807, 2.05) is 42.2 Å². The van der Waals surface area contributed by atoms with Crippen LogP contribution in [0.5, 0.6) is 0 Å². The molecule has 186 valence electrons. The van der Waals surface area contributed by atoms with Crippen molar-refractivity contribution in [3.05, 3.63) is 69.7 Å². The average molecular weight is 495 g/mol. The zero-order valence-corrected chi connectivity index (χ0v) is 21.6. The molecule has 0 aliphatic heterocycles. The number of hydrogen-bond acceptors (Lipinski definition) is 3. The number of nitrogens with zero attached hydrogens (tertiary/aromatic N) is 3. The van der Waals surface area contributed by atoms with Crippen LogP contribution >= 0.6 is 11.6 Å². The van der Waals surface area contributed by atoms with Gasteiger partial charge in [0.1, 0.15) is 5.82 Å². The molecule has 3 aromatic rings. The lowest BCUT2D eigenvalue weighted by Gasteiger charge is -2.35.